The number of nitrogens with two attached hydrogens (primary N) is 2. The van der Waals surface area contributed by atoms with Crippen LogP contribution in [0.25, 0.3) is 0 Å². The molecule has 6 nitrogen and oxygen atoms in total. The summed E-state index contributed by atoms with van der Waals surface area (Å²) in [4.78, 5) is 10.8. The molecule has 0 saturated carbocycles. The number of ether oxygens (including phenoxy) is 2. The third-order valence-electron chi connectivity index (χ3n) is 2.47. The van der Waals surface area contributed by atoms with Crippen molar-refractivity contribution in [2.75, 3.05) is 14.2 Å². The second-order valence-corrected chi connectivity index (χ2v) is 3.50. The standard InChI is InChI=1S/C11H16N2O4/c1-16-6-3-4-7(8(5-6)17-2)9(12)10(13)11(14)15/h3-5,9-10H,12-13H2,1-2H3,(H,14,15). The monoisotopic (exact) mass is 240 g/mol. The Hall–Kier alpha value is -1.79. The lowest BCUT2D eigenvalue weighted by Gasteiger charge is -2.19. The zero-order valence-corrected chi connectivity index (χ0v) is 9.71. The van der Waals surface area contributed by atoms with Gasteiger partial charge in [-0.2, -0.15) is 0 Å². The smallest absolute Gasteiger partial charge is 0.322 e. The Balaban J connectivity index is 3.08. The molecule has 0 amide bonds. The maximum Gasteiger partial charge on any atom is 0.322 e. The molecule has 0 spiro atoms. The molecule has 0 aliphatic heterocycles. The van der Waals surface area contributed by atoms with E-state index in [0.29, 0.717) is 17.1 Å². The van der Waals surface area contributed by atoms with Gasteiger partial charge >= 0.3 is 5.97 Å². The molecule has 94 valence electrons. The van der Waals surface area contributed by atoms with Gasteiger partial charge in [-0.25, -0.2) is 0 Å². The van der Waals surface area contributed by atoms with E-state index in [1.54, 1.807) is 18.2 Å². The minimum absolute atomic E-state index is 0.452. The number of carboxylic acid groups (broad SMARTS) is 1. The van der Waals surface area contributed by atoms with Gasteiger partial charge in [0.15, 0.2) is 0 Å². The molecule has 2 unspecified atom stereocenters. The predicted molar refractivity (Wildman–Crippen MR) is 62.1 cm³/mol. The highest BCUT2D eigenvalue weighted by atomic mass is 16.5. The third-order valence-corrected chi connectivity index (χ3v) is 2.47. The first-order valence-corrected chi connectivity index (χ1v) is 4.97. The minimum atomic E-state index is -1.18. The molecule has 0 aromatic heterocycles. The molecular formula is C11H16N2O4. The van der Waals surface area contributed by atoms with E-state index < -0.39 is 18.1 Å². The van der Waals surface area contributed by atoms with Gasteiger partial charge < -0.3 is 26.0 Å². The lowest BCUT2D eigenvalue weighted by Crippen LogP contribution is -2.40. The van der Waals surface area contributed by atoms with Crippen molar-refractivity contribution in [3.63, 3.8) is 0 Å². The average molecular weight is 240 g/mol. The number of rotatable bonds is 5. The molecule has 0 radical (unpaired) electrons. The highest BCUT2D eigenvalue weighted by Crippen LogP contribution is 2.29. The summed E-state index contributed by atoms with van der Waals surface area (Å²) in [7, 11) is 2.99. The number of hydrogen-bond donors (Lipinski definition) is 3. The molecule has 0 aliphatic carbocycles. The van der Waals surface area contributed by atoms with Gasteiger partial charge in [-0.3, -0.25) is 4.79 Å². The number of carbonyl (C=O) groups is 1. The van der Waals surface area contributed by atoms with Gasteiger partial charge in [0.25, 0.3) is 0 Å². The lowest BCUT2D eigenvalue weighted by atomic mass is 10.00. The Bertz CT molecular complexity index is 408. The summed E-state index contributed by atoms with van der Waals surface area (Å²) in [5.41, 5.74) is 11.8. The van der Waals surface area contributed by atoms with Crippen LogP contribution < -0.4 is 20.9 Å². The second-order valence-electron chi connectivity index (χ2n) is 3.50. The SMILES string of the molecule is COc1ccc(C(N)C(N)C(=O)O)c(OC)c1. The molecule has 0 saturated heterocycles. The van der Waals surface area contributed by atoms with Crippen LogP contribution in [0.1, 0.15) is 11.6 Å². The summed E-state index contributed by atoms with van der Waals surface area (Å²) in [5, 5.41) is 8.81. The topological polar surface area (TPSA) is 108 Å². The molecule has 1 rings (SSSR count). The summed E-state index contributed by atoms with van der Waals surface area (Å²) < 4.78 is 10.2. The largest absolute Gasteiger partial charge is 0.497 e. The molecule has 17 heavy (non-hydrogen) atoms. The molecule has 1 aromatic rings. The van der Waals surface area contributed by atoms with Crippen LogP contribution >= 0.6 is 0 Å². The molecule has 0 bridgehead atoms. The van der Waals surface area contributed by atoms with Crippen LogP contribution in [-0.4, -0.2) is 31.3 Å². The summed E-state index contributed by atoms with van der Waals surface area (Å²) in [5.74, 6) is -0.106. The van der Waals surface area contributed by atoms with E-state index in [1.807, 2.05) is 0 Å². The van der Waals surface area contributed by atoms with Crippen molar-refractivity contribution < 1.29 is 19.4 Å². The van der Waals surface area contributed by atoms with Crippen LogP contribution in [0.4, 0.5) is 0 Å². The second kappa shape index (κ2) is 5.51. The fraction of sp³-hybridized carbons (Fsp3) is 0.364. The average Bonchev–Trinajstić information content (AvgIpc) is 2.35. The first-order chi connectivity index (χ1) is 8.01. The van der Waals surface area contributed by atoms with E-state index in [2.05, 4.69) is 0 Å². The van der Waals surface area contributed by atoms with Crippen LogP contribution in [-0.2, 0) is 4.79 Å². The van der Waals surface area contributed by atoms with Crippen LogP contribution in [0, 0.1) is 0 Å². The zero-order valence-electron chi connectivity index (χ0n) is 9.71. The molecule has 1 aromatic carbocycles. The van der Waals surface area contributed by atoms with E-state index >= 15 is 0 Å². The highest BCUT2D eigenvalue weighted by molar-refractivity contribution is 5.74. The van der Waals surface area contributed by atoms with Gasteiger partial charge in [0.1, 0.15) is 17.5 Å². The molecule has 0 aliphatic rings. The predicted octanol–water partition coefficient (Wildman–Crippen LogP) is 0.116. The summed E-state index contributed by atoms with van der Waals surface area (Å²) in [6.07, 6.45) is 0. The Labute approximate surface area is 99.1 Å². The summed E-state index contributed by atoms with van der Waals surface area (Å²) in [6.45, 7) is 0. The van der Waals surface area contributed by atoms with Crippen LogP contribution in [0.2, 0.25) is 0 Å². The van der Waals surface area contributed by atoms with Crippen LogP contribution in [0.15, 0.2) is 18.2 Å². The maximum atomic E-state index is 10.8. The van der Waals surface area contributed by atoms with Crippen molar-refractivity contribution in [3.8, 4) is 11.5 Å². The molecule has 5 N–H and O–H groups in total. The molecule has 0 fully saturated rings. The lowest BCUT2D eigenvalue weighted by molar-refractivity contribution is -0.139. The summed E-state index contributed by atoms with van der Waals surface area (Å²) in [6, 6.07) is 2.92. The van der Waals surface area contributed by atoms with Crippen molar-refractivity contribution in [2.45, 2.75) is 12.1 Å². The Morgan fingerprint density at radius 3 is 2.41 bits per heavy atom. The van der Waals surface area contributed by atoms with Crippen molar-refractivity contribution in [1.29, 1.82) is 0 Å². The number of carboxylic acids is 1. The number of hydrogen-bond acceptors (Lipinski definition) is 5. The van der Waals surface area contributed by atoms with Crippen molar-refractivity contribution in [3.05, 3.63) is 23.8 Å². The fourth-order valence-corrected chi connectivity index (χ4v) is 1.44. The van der Waals surface area contributed by atoms with Crippen LogP contribution in [0.5, 0.6) is 11.5 Å². The van der Waals surface area contributed by atoms with Crippen molar-refractivity contribution in [1.82, 2.24) is 0 Å². The van der Waals surface area contributed by atoms with E-state index in [9.17, 15) is 4.79 Å². The number of methoxy groups -OCH3 is 2. The quantitative estimate of drug-likeness (QED) is 0.674. The van der Waals surface area contributed by atoms with E-state index in [0.717, 1.165) is 0 Å². The highest BCUT2D eigenvalue weighted by Gasteiger charge is 2.24. The Morgan fingerprint density at radius 2 is 1.94 bits per heavy atom. The Kier molecular flexibility index (Phi) is 4.30. The number of benzene rings is 1. The van der Waals surface area contributed by atoms with Gasteiger partial charge in [-0.05, 0) is 12.1 Å². The molecule has 2 atom stereocenters. The summed E-state index contributed by atoms with van der Waals surface area (Å²) >= 11 is 0. The normalized spacial score (nSPS) is 13.9. The third kappa shape index (κ3) is 2.86. The molecule has 0 heterocycles. The fourth-order valence-electron chi connectivity index (χ4n) is 1.44. The van der Waals surface area contributed by atoms with E-state index in [1.165, 1.54) is 14.2 Å². The van der Waals surface area contributed by atoms with Gasteiger partial charge in [0.05, 0.1) is 20.3 Å². The van der Waals surface area contributed by atoms with Crippen LogP contribution in [0.3, 0.4) is 0 Å². The molecule has 6 heteroatoms. The van der Waals surface area contributed by atoms with Gasteiger partial charge in [-0.15, -0.1) is 0 Å². The van der Waals surface area contributed by atoms with E-state index in [-0.39, 0.29) is 0 Å². The van der Waals surface area contributed by atoms with E-state index in [4.69, 9.17) is 26.0 Å². The first-order valence-electron chi connectivity index (χ1n) is 4.97. The van der Waals surface area contributed by atoms with Crippen molar-refractivity contribution in [2.24, 2.45) is 11.5 Å². The number of aliphatic carboxylic acids is 1. The molecular weight excluding hydrogens is 224 g/mol. The van der Waals surface area contributed by atoms with Crippen molar-refractivity contribution >= 4 is 5.97 Å². The van der Waals surface area contributed by atoms with Gasteiger partial charge in [-0.1, -0.05) is 0 Å². The Morgan fingerprint density at radius 1 is 1.29 bits per heavy atom. The first kappa shape index (κ1) is 13.3. The van der Waals surface area contributed by atoms with Gasteiger partial charge in [0.2, 0.25) is 0 Å². The zero-order chi connectivity index (χ0) is 13.0. The maximum absolute atomic E-state index is 10.8. The minimum Gasteiger partial charge on any atom is -0.497 e. The van der Waals surface area contributed by atoms with Gasteiger partial charge in [0, 0.05) is 11.6 Å².